The first-order valence-electron chi connectivity index (χ1n) is 5.24. The number of halogens is 1. The van der Waals surface area contributed by atoms with Gasteiger partial charge >= 0.3 is 0 Å². The lowest BCUT2D eigenvalue weighted by molar-refractivity contribution is 0.116. The van der Waals surface area contributed by atoms with E-state index in [-0.39, 0.29) is 12.4 Å². The zero-order valence-electron chi connectivity index (χ0n) is 8.76. The van der Waals surface area contributed by atoms with Crippen LogP contribution in [0.4, 0.5) is 0 Å². The molecule has 0 saturated carbocycles. The van der Waals surface area contributed by atoms with E-state index in [1.54, 1.807) is 0 Å². The smallest absolute Gasteiger partial charge is 0.0471 e. The molecule has 2 heterocycles. The lowest BCUT2D eigenvalue weighted by Crippen LogP contribution is -2.36. The van der Waals surface area contributed by atoms with Gasteiger partial charge in [-0.25, -0.2) is 0 Å². The highest BCUT2D eigenvalue weighted by molar-refractivity contribution is 7.09. The molecule has 1 saturated heterocycles. The summed E-state index contributed by atoms with van der Waals surface area (Å²) in [6, 6.07) is 4.29. The van der Waals surface area contributed by atoms with Gasteiger partial charge in [0.1, 0.15) is 0 Å². The molecule has 1 aromatic heterocycles. The van der Waals surface area contributed by atoms with E-state index in [0.29, 0.717) is 12.5 Å². The first kappa shape index (κ1) is 13.0. The van der Waals surface area contributed by atoms with Crippen molar-refractivity contribution < 1.29 is 5.11 Å². The molecule has 0 aromatic carbocycles. The summed E-state index contributed by atoms with van der Waals surface area (Å²) in [6.45, 7) is 3.66. The summed E-state index contributed by atoms with van der Waals surface area (Å²) in [4.78, 5) is 3.89. The summed E-state index contributed by atoms with van der Waals surface area (Å²) in [5, 5.41) is 11.2. The van der Waals surface area contributed by atoms with Crippen LogP contribution in [0, 0.1) is 5.92 Å². The molecule has 4 heteroatoms. The predicted octanol–water partition coefficient (Wildman–Crippen LogP) is 2.37. The van der Waals surface area contributed by atoms with Gasteiger partial charge in [-0.2, -0.15) is 0 Å². The summed E-state index contributed by atoms with van der Waals surface area (Å²) in [7, 11) is 0. The minimum Gasteiger partial charge on any atom is -0.396 e. The molecule has 1 aliphatic heterocycles. The molecule has 0 bridgehead atoms. The van der Waals surface area contributed by atoms with Crippen LogP contribution in [-0.2, 0) is 6.54 Å². The standard InChI is InChI=1S/C11H17NOS.ClH/c13-9-10-3-1-5-12(7-10)8-11-4-2-6-14-11;/h2,4,6,10,13H,1,3,5,7-9H2;1H. The highest BCUT2D eigenvalue weighted by Gasteiger charge is 2.19. The molecule has 86 valence electrons. The molecule has 0 amide bonds. The van der Waals surface area contributed by atoms with Crippen molar-refractivity contribution in [3.05, 3.63) is 22.4 Å². The number of aliphatic hydroxyl groups is 1. The Labute approximate surface area is 101 Å². The predicted molar refractivity (Wildman–Crippen MR) is 66.7 cm³/mol. The first-order chi connectivity index (χ1) is 6.88. The minimum atomic E-state index is 0. The maximum Gasteiger partial charge on any atom is 0.0471 e. The second-order valence-electron chi connectivity index (χ2n) is 4.01. The van der Waals surface area contributed by atoms with E-state index in [4.69, 9.17) is 5.11 Å². The van der Waals surface area contributed by atoms with Gasteiger partial charge in [-0.3, -0.25) is 4.90 Å². The molecule has 1 N–H and O–H groups in total. The third-order valence-corrected chi connectivity index (χ3v) is 3.68. The Morgan fingerprint density at radius 1 is 1.53 bits per heavy atom. The lowest BCUT2D eigenvalue weighted by atomic mass is 9.99. The number of piperidine rings is 1. The van der Waals surface area contributed by atoms with Gasteiger partial charge < -0.3 is 5.11 Å². The zero-order chi connectivity index (χ0) is 9.80. The third-order valence-electron chi connectivity index (χ3n) is 2.82. The number of likely N-dealkylation sites (tertiary alicyclic amines) is 1. The molecule has 15 heavy (non-hydrogen) atoms. The number of nitrogens with zero attached hydrogens (tertiary/aromatic N) is 1. The van der Waals surface area contributed by atoms with Crippen molar-refractivity contribution in [2.75, 3.05) is 19.7 Å². The summed E-state index contributed by atoms with van der Waals surface area (Å²) in [5.74, 6) is 0.503. The van der Waals surface area contributed by atoms with E-state index < -0.39 is 0 Å². The molecular formula is C11H18ClNOS. The van der Waals surface area contributed by atoms with Crippen molar-refractivity contribution in [3.8, 4) is 0 Å². The Morgan fingerprint density at radius 3 is 3.07 bits per heavy atom. The van der Waals surface area contributed by atoms with Crippen LogP contribution >= 0.6 is 23.7 Å². The minimum absolute atomic E-state index is 0. The molecule has 1 unspecified atom stereocenters. The molecule has 1 aliphatic rings. The Balaban J connectivity index is 0.00000112. The van der Waals surface area contributed by atoms with Gasteiger partial charge in [0.2, 0.25) is 0 Å². The highest BCUT2D eigenvalue weighted by atomic mass is 35.5. The van der Waals surface area contributed by atoms with Crippen molar-refractivity contribution in [3.63, 3.8) is 0 Å². The van der Waals surface area contributed by atoms with Crippen LogP contribution in [0.3, 0.4) is 0 Å². The first-order valence-corrected chi connectivity index (χ1v) is 6.12. The average molecular weight is 248 g/mol. The summed E-state index contributed by atoms with van der Waals surface area (Å²) in [6.07, 6.45) is 2.42. The quantitative estimate of drug-likeness (QED) is 0.887. The Hall–Kier alpha value is -0.0900. The van der Waals surface area contributed by atoms with Gasteiger partial charge in [-0.15, -0.1) is 23.7 Å². The van der Waals surface area contributed by atoms with Crippen molar-refractivity contribution in [2.24, 2.45) is 5.92 Å². The van der Waals surface area contributed by atoms with E-state index in [2.05, 4.69) is 22.4 Å². The number of thiophene rings is 1. The lowest BCUT2D eigenvalue weighted by Gasteiger charge is -2.31. The maximum atomic E-state index is 9.11. The number of hydrogen-bond acceptors (Lipinski definition) is 3. The van der Waals surface area contributed by atoms with E-state index in [1.165, 1.54) is 24.3 Å². The number of hydrogen-bond donors (Lipinski definition) is 1. The van der Waals surface area contributed by atoms with Gasteiger partial charge in [-0.05, 0) is 36.8 Å². The van der Waals surface area contributed by atoms with Crippen LogP contribution in [-0.4, -0.2) is 29.7 Å². The van der Waals surface area contributed by atoms with Crippen LogP contribution in [0.15, 0.2) is 17.5 Å². The number of aliphatic hydroxyl groups excluding tert-OH is 1. The fourth-order valence-corrected chi connectivity index (χ4v) is 2.81. The molecule has 1 atom stereocenters. The Kier molecular flexibility index (Phi) is 5.61. The number of rotatable bonds is 3. The fourth-order valence-electron chi connectivity index (χ4n) is 2.07. The topological polar surface area (TPSA) is 23.5 Å². The molecule has 2 nitrogen and oxygen atoms in total. The summed E-state index contributed by atoms with van der Waals surface area (Å²) in [5.41, 5.74) is 0. The van der Waals surface area contributed by atoms with Crippen LogP contribution in [0.1, 0.15) is 17.7 Å². The van der Waals surface area contributed by atoms with Gasteiger partial charge in [0, 0.05) is 24.6 Å². The molecule has 0 aliphatic carbocycles. The Bertz CT molecular complexity index is 266. The fraction of sp³-hybridized carbons (Fsp3) is 0.636. The van der Waals surface area contributed by atoms with Gasteiger partial charge in [0.05, 0.1) is 0 Å². The molecular weight excluding hydrogens is 230 g/mol. The van der Waals surface area contributed by atoms with Crippen molar-refractivity contribution in [2.45, 2.75) is 19.4 Å². The zero-order valence-corrected chi connectivity index (χ0v) is 10.4. The van der Waals surface area contributed by atoms with E-state index in [1.807, 2.05) is 11.3 Å². The third kappa shape index (κ3) is 3.76. The molecule has 0 spiro atoms. The Morgan fingerprint density at radius 2 is 2.40 bits per heavy atom. The molecule has 1 aromatic rings. The largest absolute Gasteiger partial charge is 0.396 e. The van der Waals surface area contributed by atoms with Crippen molar-refractivity contribution >= 4 is 23.7 Å². The molecule has 2 rings (SSSR count). The van der Waals surface area contributed by atoms with Crippen molar-refractivity contribution in [1.82, 2.24) is 4.90 Å². The van der Waals surface area contributed by atoms with E-state index in [9.17, 15) is 0 Å². The SMILES string of the molecule is Cl.OCC1CCCN(Cc2cccs2)C1. The van der Waals surface area contributed by atoms with Gasteiger partial charge in [0.15, 0.2) is 0 Å². The summed E-state index contributed by atoms with van der Waals surface area (Å²) < 4.78 is 0. The molecule has 1 fully saturated rings. The van der Waals surface area contributed by atoms with Crippen LogP contribution in [0.25, 0.3) is 0 Å². The van der Waals surface area contributed by atoms with Crippen molar-refractivity contribution in [1.29, 1.82) is 0 Å². The van der Waals surface area contributed by atoms with Crippen LogP contribution < -0.4 is 0 Å². The van der Waals surface area contributed by atoms with Crippen LogP contribution in [0.5, 0.6) is 0 Å². The van der Waals surface area contributed by atoms with Gasteiger partial charge in [-0.1, -0.05) is 6.07 Å². The monoisotopic (exact) mass is 247 g/mol. The maximum absolute atomic E-state index is 9.11. The van der Waals surface area contributed by atoms with E-state index in [0.717, 1.165) is 13.1 Å². The highest BCUT2D eigenvalue weighted by Crippen LogP contribution is 2.19. The van der Waals surface area contributed by atoms with E-state index >= 15 is 0 Å². The normalized spacial score (nSPS) is 22.3. The molecule has 0 radical (unpaired) electrons. The summed E-state index contributed by atoms with van der Waals surface area (Å²) >= 11 is 1.82. The second kappa shape index (κ2) is 6.48. The second-order valence-corrected chi connectivity index (χ2v) is 5.04. The van der Waals surface area contributed by atoms with Crippen LogP contribution in [0.2, 0.25) is 0 Å². The average Bonchev–Trinajstić information content (AvgIpc) is 2.71. The van der Waals surface area contributed by atoms with Gasteiger partial charge in [0.25, 0.3) is 0 Å².